The van der Waals surface area contributed by atoms with Crippen molar-refractivity contribution in [2.75, 3.05) is 30.8 Å². The van der Waals surface area contributed by atoms with Gasteiger partial charge in [0.2, 0.25) is 15.9 Å². The summed E-state index contributed by atoms with van der Waals surface area (Å²) in [5.41, 5.74) is 2.62. The Bertz CT molecular complexity index is 1000. The van der Waals surface area contributed by atoms with E-state index in [0.29, 0.717) is 18.0 Å². The Morgan fingerprint density at radius 1 is 1.09 bits per heavy atom. The number of methoxy groups -OCH3 is 1. The Balaban J connectivity index is 1.62. The zero-order valence-corrected chi connectivity index (χ0v) is 19.9. The van der Waals surface area contributed by atoms with Crippen molar-refractivity contribution in [3.63, 3.8) is 0 Å². The van der Waals surface area contributed by atoms with Crippen LogP contribution >= 0.6 is 0 Å². The Kier molecular flexibility index (Phi) is 8.15. The van der Waals surface area contributed by atoms with Crippen molar-refractivity contribution in [2.24, 2.45) is 0 Å². The van der Waals surface area contributed by atoms with Gasteiger partial charge in [0.05, 0.1) is 19.1 Å². The SMILES string of the molecule is COc1cccc(N([C@@H](C)C(=O)NCc2ccc(CN3CCCCC3)cc2)S(C)(=O)=O)c1. The van der Waals surface area contributed by atoms with Crippen molar-refractivity contribution in [3.8, 4) is 5.75 Å². The molecule has 0 bridgehead atoms. The lowest BCUT2D eigenvalue weighted by molar-refractivity contribution is -0.122. The maximum atomic E-state index is 12.8. The molecular weight excluding hydrogens is 426 g/mol. The van der Waals surface area contributed by atoms with Crippen LogP contribution in [0.2, 0.25) is 0 Å². The van der Waals surface area contributed by atoms with Gasteiger partial charge in [-0.25, -0.2) is 8.42 Å². The highest BCUT2D eigenvalue weighted by Crippen LogP contribution is 2.25. The van der Waals surface area contributed by atoms with Gasteiger partial charge in [-0.2, -0.15) is 0 Å². The average molecular weight is 460 g/mol. The van der Waals surface area contributed by atoms with Crippen molar-refractivity contribution < 1.29 is 17.9 Å². The molecule has 1 saturated heterocycles. The fraction of sp³-hybridized carbons (Fsp3) is 0.458. The molecule has 0 unspecified atom stereocenters. The highest BCUT2D eigenvalue weighted by Gasteiger charge is 2.29. The highest BCUT2D eigenvalue weighted by atomic mass is 32.2. The number of hydrogen-bond donors (Lipinski definition) is 1. The maximum Gasteiger partial charge on any atom is 0.243 e. The number of benzene rings is 2. The third-order valence-corrected chi connectivity index (χ3v) is 6.98. The van der Waals surface area contributed by atoms with Gasteiger partial charge in [-0.15, -0.1) is 0 Å². The van der Waals surface area contributed by atoms with E-state index in [2.05, 4.69) is 22.3 Å². The molecule has 8 heteroatoms. The number of sulfonamides is 1. The second kappa shape index (κ2) is 10.8. The van der Waals surface area contributed by atoms with Crippen LogP contribution < -0.4 is 14.4 Å². The van der Waals surface area contributed by atoms with Gasteiger partial charge in [0.15, 0.2) is 0 Å². The number of amides is 1. The van der Waals surface area contributed by atoms with Crippen LogP contribution in [-0.4, -0.2) is 51.7 Å². The number of carbonyl (C=O) groups is 1. The quantitative estimate of drug-likeness (QED) is 0.623. The minimum absolute atomic E-state index is 0.336. The lowest BCUT2D eigenvalue weighted by atomic mass is 10.1. The number of nitrogens with zero attached hydrogens (tertiary/aromatic N) is 2. The summed E-state index contributed by atoms with van der Waals surface area (Å²) in [6.07, 6.45) is 4.95. The van der Waals surface area contributed by atoms with Crippen LogP contribution in [0.3, 0.4) is 0 Å². The molecule has 7 nitrogen and oxygen atoms in total. The molecule has 0 aliphatic carbocycles. The van der Waals surface area contributed by atoms with Crippen molar-refractivity contribution >= 4 is 21.6 Å². The van der Waals surface area contributed by atoms with Crippen LogP contribution in [0.4, 0.5) is 5.69 Å². The molecule has 1 amide bonds. The van der Waals surface area contributed by atoms with Crippen LogP contribution in [0.1, 0.15) is 37.3 Å². The van der Waals surface area contributed by atoms with Crippen molar-refractivity contribution in [3.05, 3.63) is 59.7 Å². The second-order valence-corrected chi connectivity index (χ2v) is 10.2. The van der Waals surface area contributed by atoms with E-state index in [9.17, 15) is 13.2 Å². The van der Waals surface area contributed by atoms with Gasteiger partial charge in [0, 0.05) is 19.2 Å². The smallest absolute Gasteiger partial charge is 0.243 e. The van der Waals surface area contributed by atoms with Gasteiger partial charge >= 0.3 is 0 Å². The van der Waals surface area contributed by atoms with Gasteiger partial charge < -0.3 is 10.1 Å². The number of likely N-dealkylation sites (tertiary alicyclic amines) is 1. The van der Waals surface area contributed by atoms with Crippen LogP contribution in [0.25, 0.3) is 0 Å². The number of hydrogen-bond acceptors (Lipinski definition) is 5. The van der Waals surface area contributed by atoms with E-state index in [0.717, 1.165) is 35.8 Å². The Morgan fingerprint density at radius 3 is 2.38 bits per heavy atom. The first kappa shape index (κ1) is 24.1. The number of anilines is 1. The van der Waals surface area contributed by atoms with E-state index in [4.69, 9.17) is 4.74 Å². The number of ether oxygens (including phenoxy) is 1. The minimum Gasteiger partial charge on any atom is -0.497 e. The molecule has 1 atom stereocenters. The molecule has 1 N–H and O–H groups in total. The molecule has 174 valence electrons. The zero-order chi connectivity index (χ0) is 23.1. The van der Waals surface area contributed by atoms with E-state index in [1.807, 2.05) is 12.1 Å². The van der Waals surface area contributed by atoms with Crippen molar-refractivity contribution in [1.29, 1.82) is 0 Å². The van der Waals surface area contributed by atoms with E-state index >= 15 is 0 Å². The van der Waals surface area contributed by atoms with Gasteiger partial charge in [-0.05, 0) is 56.1 Å². The topological polar surface area (TPSA) is 79.0 Å². The van der Waals surface area contributed by atoms with Crippen molar-refractivity contribution in [2.45, 2.75) is 45.3 Å². The highest BCUT2D eigenvalue weighted by molar-refractivity contribution is 7.92. The standard InChI is InChI=1S/C24H33N3O4S/c1-19(27(32(3,29)30)22-8-7-9-23(16-22)31-2)24(28)25-17-20-10-12-21(13-11-20)18-26-14-5-4-6-15-26/h7-13,16,19H,4-6,14-15,17-18H2,1-3H3,(H,25,28)/t19-/m0/s1. The summed E-state index contributed by atoms with van der Waals surface area (Å²) in [5, 5.41) is 2.86. The molecular formula is C24H33N3O4S. The van der Waals surface area contributed by atoms with Gasteiger partial charge in [0.1, 0.15) is 11.8 Å². The summed E-state index contributed by atoms with van der Waals surface area (Å²) in [5.74, 6) is 0.157. The summed E-state index contributed by atoms with van der Waals surface area (Å²) in [7, 11) is -2.17. The van der Waals surface area contributed by atoms with Crippen molar-refractivity contribution in [1.82, 2.24) is 10.2 Å². The molecule has 32 heavy (non-hydrogen) atoms. The first-order valence-electron chi connectivity index (χ1n) is 11.0. The predicted octanol–water partition coefficient (Wildman–Crippen LogP) is 3.15. The number of piperidine rings is 1. The molecule has 1 heterocycles. The molecule has 0 saturated carbocycles. The van der Waals surface area contributed by atoms with Gasteiger partial charge in [0.25, 0.3) is 0 Å². The minimum atomic E-state index is -3.68. The summed E-state index contributed by atoms with van der Waals surface area (Å²) >= 11 is 0. The predicted molar refractivity (Wildman–Crippen MR) is 127 cm³/mol. The Morgan fingerprint density at radius 2 is 1.75 bits per heavy atom. The largest absolute Gasteiger partial charge is 0.497 e. The van der Waals surface area contributed by atoms with Gasteiger partial charge in [-0.1, -0.05) is 36.8 Å². The molecule has 2 aromatic rings. The van der Waals surface area contributed by atoms with Gasteiger partial charge in [-0.3, -0.25) is 14.0 Å². The zero-order valence-electron chi connectivity index (χ0n) is 19.1. The third kappa shape index (κ3) is 6.46. The Hall–Kier alpha value is -2.58. The first-order chi connectivity index (χ1) is 15.3. The van der Waals surface area contributed by atoms with E-state index in [1.165, 1.54) is 31.9 Å². The molecule has 0 radical (unpaired) electrons. The molecule has 0 aromatic heterocycles. The summed E-state index contributed by atoms with van der Waals surface area (Å²) in [6.45, 7) is 5.17. The normalized spacial score (nSPS) is 15.7. The van der Waals surface area contributed by atoms with E-state index < -0.39 is 16.1 Å². The first-order valence-corrected chi connectivity index (χ1v) is 12.8. The third-order valence-electron chi connectivity index (χ3n) is 5.74. The second-order valence-electron chi connectivity index (χ2n) is 8.31. The molecule has 1 aliphatic heterocycles. The molecule has 0 spiro atoms. The lowest BCUT2D eigenvalue weighted by Gasteiger charge is -2.28. The summed E-state index contributed by atoms with van der Waals surface area (Å²) < 4.78 is 31.2. The number of rotatable bonds is 9. The Labute approximate surface area is 191 Å². The lowest BCUT2D eigenvalue weighted by Crippen LogP contribution is -2.47. The van der Waals surface area contributed by atoms with E-state index in [-0.39, 0.29) is 5.91 Å². The fourth-order valence-corrected chi connectivity index (χ4v) is 5.20. The van der Waals surface area contributed by atoms with Crippen LogP contribution in [-0.2, 0) is 27.9 Å². The fourth-order valence-electron chi connectivity index (χ4n) is 4.03. The molecule has 1 aliphatic rings. The molecule has 1 fully saturated rings. The average Bonchev–Trinajstić information content (AvgIpc) is 2.78. The summed E-state index contributed by atoms with van der Waals surface area (Å²) in [4.78, 5) is 15.3. The molecule has 3 rings (SSSR count). The number of carbonyl (C=O) groups excluding carboxylic acids is 1. The number of nitrogens with one attached hydrogen (secondary N) is 1. The molecule has 2 aromatic carbocycles. The monoisotopic (exact) mass is 459 g/mol. The van der Waals surface area contributed by atoms with E-state index in [1.54, 1.807) is 31.2 Å². The van der Waals surface area contributed by atoms with Crippen LogP contribution in [0.15, 0.2) is 48.5 Å². The van der Waals surface area contributed by atoms with Crippen LogP contribution in [0.5, 0.6) is 5.75 Å². The van der Waals surface area contributed by atoms with Crippen LogP contribution in [0, 0.1) is 0 Å². The maximum absolute atomic E-state index is 12.8. The summed E-state index contributed by atoms with van der Waals surface area (Å²) in [6, 6.07) is 14.0.